The Balaban J connectivity index is 2.15. The highest BCUT2D eigenvalue weighted by Crippen LogP contribution is 2.23. The smallest absolute Gasteiger partial charge is 0.335 e. The van der Waals surface area contributed by atoms with Crippen molar-refractivity contribution in [3.8, 4) is 0 Å². The number of hydrogen-bond acceptors (Lipinski definition) is 19. The minimum atomic E-state index is -2.81. The van der Waals surface area contributed by atoms with Crippen molar-refractivity contribution >= 4 is 71.1 Å². The molecule has 31 heteroatoms. The number of carbonyl (C=O) groups excluding carboxylic acids is 9. The molecule has 0 bridgehead atoms. The van der Waals surface area contributed by atoms with E-state index >= 15 is 0 Å². The van der Waals surface area contributed by atoms with Crippen LogP contribution < -0.4 is 43.4 Å². The van der Waals surface area contributed by atoms with E-state index in [1.807, 2.05) is 16.0 Å². The number of hydrogen-bond donors (Lipinski definition) is 16. The number of carboxylic acids is 2. The molecule has 79 heavy (non-hydrogen) atoms. The summed E-state index contributed by atoms with van der Waals surface area (Å²) < 4.78 is 5.58. The van der Waals surface area contributed by atoms with Gasteiger partial charge in [0.1, 0.15) is 48.4 Å². The van der Waals surface area contributed by atoms with Crippen LogP contribution in [0.2, 0.25) is 0 Å². The zero-order valence-electron chi connectivity index (χ0n) is 44.5. The molecule has 3 aliphatic heterocycles. The lowest BCUT2D eigenvalue weighted by Crippen LogP contribution is -2.64. The van der Waals surface area contributed by atoms with Gasteiger partial charge >= 0.3 is 17.9 Å². The Morgan fingerprint density at radius 3 is 1.66 bits per heavy atom. The molecule has 446 valence electrons. The maximum absolute atomic E-state index is 14.0. The Labute approximate surface area is 455 Å². The number of fused-ring (bicyclic) bond motifs is 2. The molecule has 3 rings (SSSR count). The summed E-state index contributed by atoms with van der Waals surface area (Å²) in [5.41, 5.74) is 10.8. The van der Waals surface area contributed by atoms with Crippen molar-refractivity contribution in [1.29, 1.82) is 0 Å². The molecule has 0 aromatic heterocycles. The summed E-state index contributed by atoms with van der Waals surface area (Å²) in [5, 5.41) is 97.1. The number of ether oxygens (including phenoxy) is 1. The number of aliphatic imine (C=N–C) groups is 1. The number of esters is 1. The molecule has 0 aromatic rings. The summed E-state index contributed by atoms with van der Waals surface area (Å²) in [4.78, 5) is 155. The summed E-state index contributed by atoms with van der Waals surface area (Å²) in [7, 11) is 0. The van der Waals surface area contributed by atoms with Crippen LogP contribution in [0, 0.1) is 0 Å². The van der Waals surface area contributed by atoms with Gasteiger partial charge in [-0.05, 0) is 52.4 Å². The molecule has 0 radical (unpaired) electrons. The van der Waals surface area contributed by atoms with Crippen LogP contribution >= 0.6 is 0 Å². The largest absolute Gasteiger partial charge is 0.479 e. The number of nitrogens with one attached hydrogen (secondary N) is 6. The molecule has 3 aliphatic rings. The lowest BCUT2D eigenvalue weighted by atomic mass is 10.0. The molecule has 3 fully saturated rings. The molecule has 0 spiro atoms. The Morgan fingerprint density at radius 1 is 0.633 bits per heavy atom. The van der Waals surface area contributed by atoms with Gasteiger partial charge in [-0.25, -0.2) is 14.4 Å². The van der Waals surface area contributed by atoms with E-state index in [2.05, 4.69) is 27.9 Å². The number of nitrogens with zero attached hydrogens (tertiary/aromatic N) is 3. The normalized spacial score (nSPS) is 28.7. The molecule has 14 atom stereocenters. The predicted molar refractivity (Wildman–Crippen MR) is 272 cm³/mol. The van der Waals surface area contributed by atoms with Crippen molar-refractivity contribution in [2.24, 2.45) is 16.5 Å². The summed E-state index contributed by atoms with van der Waals surface area (Å²) in [6, 6.07) is -16.2. The van der Waals surface area contributed by atoms with E-state index in [4.69, 9.17) is 16.2 Å². The highest BCUT2D eigenvalue weighted by molar-refractivity contribution is 6.00. The van der Waals surface area contributed by atoms with Crippen LogP contribution in [0.3, 0.4) is 0 Å². The molecule has 3 saturated heterocycles. The summed E-state index contributed by atoms with van der Waals surface area (Å²) in [6.45, 7) is 2.10. The molecule has 14 unspecified atom stereocenters. The van der Waals surface area contributed by atoms with Crippen molar-refractivity contribution in [1.82, 2.24) is 41.7 Å². The monoisotopic (exact) mass is 1130 g/mol. The maximum atomic E-state index is 14.0. The minimum absolute atomic E-state index is 0.0725. The number of carboxylic acid groups (broad SMARTS) is 2. The number of nitrogens with two attached hydrogens (primary N) is 2. The first-order valence-corrected chi connectivity index (χ1v) is 26.4. The lowest BCUT2D eigenvalue weighted by molar-refractivity contribution is -0.165. The quantitative estimate of drug-likeness (QED) is 0.0233. The minimum Gasteiger partial charge on any atom is -0.479 e. The van der Waals surface area contributed by atoms with Crippen molar-refractivity contribution < 1.29 is 98.3 Å². The Hall–Kier alpha value is -6.80. The molecule has 31 nitrogen and oxygen atoms in total. The van der Waals surface area contributed by atoms with Crippen LogP contribution in [0.25, 0.3) is 0 Å². The number of guanidine groups is 1. The number of aliphatic carboxylic acids is 2. The molecular formula is C48H79N11O20. The van der Waals surface area contributed by atoms with Crippen LogP contribution in [-0.2, 0) is 57.5 Å². The Bertz CT molecular complexity index is 2180. The average molecular weight is 1130 g/mol. The first-order chi connectivity index (χ1) is 37.2. The van der Waals surface area contributed by atoms with E-state index in [9.17, 15) is 93.6 Å². The van der Waals surface area contributed by atoms with E-state index in [-0.39, 0.29) is 44.7 Å². The standard InChI is InChI=1S/C48H79N11O20/c1-4-5-6-7-8-9-10-11-12-14-25-21-30(64)55-31(24(3)61)39(68)52-23(2)43(72)58-19-16-28(62)34(58)41(70)53-26(15-13-18-51-48(49)50)38(67)56-32(36(65)45(74)75)40(69)54-27(22-60)44(73)59-20-17-29(63)35(59)42(71)57-33(47(78)79-25)37(66)46(76)77/h23-29,31-37,60-63,65-66H,4-22H2,1-3H3,(H,52,68)(H,53,70)(H,54,69)(H,55,64)(H,56,67)(H,57,71)(H,74,75)(H,76,77)(H4,49,50,51). The number of rotatable bonds is 20. The maximum Gasteiger partial charge on any atom is 0.335 e. The number of carbonyl (C=O) groups is 11. The number of aliphatic hydroxyl groups is 6. The van der Waals surface area contributed by atoms with Crippen LogP contribution in [0.1, 0.15) is 117 Å². The average Bonchev–Trinajstić information content (AvgIpc) is 4.02. The van der Waals surface area contributed by atoms with Crippen LogP contribution in [0.4, 0.5) is 0 Å². The van der Waals surface area contributed by atoms with Gasteiger partial charge in [-0.2, -0.15) is 0 Å². The second-order valence-corrected chi connectivity index (χ2v) is 19.9. The molecule has 0 saturated carbocycles. The van der Waals surface area contributed by atoms with E-state index in [1.54, 1.807) is 0 Å². The fraction of sp³-hybridized carbons (Fsp3) is 0.750. The van der Waals surface area contributed by atoms with Gasteiger partial charge in [-0.1, -0.05) is 58.3 Å². The Kier molecular flexibility index (Phi) is 27.2. The first kappa shape index (κ1) is 66.5. The van der Waals surface area contributed by atoms with Gasteiger partial charge in [0.2, 0.25) is 47.3 Å². The second-order valence-electron chi connectivity index (χ2n) is 19.9. The SMILES string of the molecule is CCCCCCCCCCCC1CC(=O)NC(C(C)O)C(=O)NC(C)C(=O)N2CCC(O)C2C(=O)NC(CCCN=C(N)N)C(=O)NC(C(O)C(=O)O)C(=O)NC(CO)C(=O)N2CCC(O)C2C(=O)NC(C(O)C(=O)O)C(=O)O1. The van der Waals surface area contributed by atoms with Crippen LogP contribution in [-0.4, -0.2) is 233 Å². The van der Waals surface area contributed by atoms with E-state index in [0.717, 1.165) is 56.8 Å². The zero-order valence-corrected chi connectivity index (χ0v) is 44.5. The third-order valence-corrected chi connectivity index (χ3v) is 13.6. The molecular weight excluding hydrogens is 1050 g/mol. The summed E-state index contributed by atoms with van der Waals surface area (Å²) in [6.07, 6.45) is -6.34. The highest BCUT2D eigenvalue weighted by Gasteiger charge is 2.48. The Morgan fingerprint density at radius 2 is 1.13 bits per heavy atom. The second kappa shape index (κ2) is 32.3. The third-order valence-electron chi connectivity index (χ3n) is 13.6. The third kappa shape index (κ3) is 19.8. The van der Waals surface area contributed by atoms with Crippen LogP contribution in [0.15, 0.2) is 4.99 Å². The number of unbranched alkanes of at least 4 members (excludes halogenated alkanes) is 8. The lowest BCUT2D eigenvalue weighted by Gasteiger charge is -2.32. The summed E-state index contributed by atoms with van der Waals surface area (Å²) in [5.74, 6) is -16.3. The fourth-order valence-electron chi connectivity index (χ4n) is 9.27. The fourth-order valence-corrected chi connectivity index (χ4v) is 9.27. The molecule has 8 amide bonds. The molecule has 3 heterocycles. The number of amides is 8. The van der Waals surface area contributed by atoms with Gasteiger partial charge in [-0.3, -0.25) is 43.3 Å². The number of cyclic esters (lactones) is 1. The van der Waals surface area contributed by atoms with Gasteiger partial charge in [0.05, 0.1) is 31.3 Å². The van der Waals surface area contributed by atoms with Crippen molar-refractivity contribution in [3.63, 3.8) is 0 Å². The summed E-state index contributed by atoms with van der Waals surface area (Å²) >= 11 is 0. The van der Waals surface area contributed by atoms with Gasteiger partial charge in [-0.15, -0.1) is 0 Å². The molecule has 0 aliphatic carbocycles. The molecule has 18 N–H and O–H groups in total. The highest BCUT2D eigenvalue weighted by atomic mass is 16.5. The first-order valence-electron chi connectivity index (χ1n) is 26.4. The zero-order chi connectivity index (χ0) is 59.3. The van der Waals surface area contributed by atoms with E-state index in [0.29, 0.717) is 17.7 Å². The van der Waals surface area contributed by atoms with Gasteiger partial charge in [0, 0.05) is 19.6 Å². The van der Waals surface area contributed by atoms with Crippen molar-refractivity contribution in [2.75, 3.05) is 26.2 Å². The van der Waals surface area contributed by atoms with Crippen LogP contribution in [0.5, 0.6) is 0 Å². The number of aliphatic hydroxyl groups excluding tert-OH is 6. The van der Waals surface area contributed by atoms with Crippen molar-refractivity contribution in [2.45, 2.75) is 202 Å². The van der Waals surface area contributed by atoms with Gasteiger partial charge in [0.15, 0.2) is 24.2 Å². The predicted octanol–water partition coefficient (Wildman–Crippen LogP) is -6.61. The topological polar surface area (TPSA) is 502 Å². The van der Waals surface area contributed by atoms with Crippen molar-refractivity contribution in [3.05, 3.63) is 0 Å². The molecule has 0 aromatic carbocycles. The van der Waals surface area contributed by atoms with Gasteiger partial charge < -0.3 is 98.8 Å². The van der Waals surface area contributed by atoms with E-state index < -0.39 is 176 Å². The van der Waals surface area contributed by atoms with E-state index in [1.165, 1.54) is 6.92 Å². The van der Waals surface area contributed by atoms with Gasteiger partial charge in [0.25, 0.3) is 0 Å².